The van der Waals surface area contributed by atoms with Crippen LogP contribution in [0.25, 0.3) is 0 Å². The molecule has 2 aliphatic rings. The van der Waals surface area contributed by atoms with Crippen molar-refractivity contribution >= 4 is 11.6 Å². The lowest BCUT2D eigenvalue weighted by Crippen LogP contribution is -2.36. The second-order valence-corrected chi connectivity index (χ2v) is 7.29. The summed E-state index contributed by atoms with van der Waals surface area (Å²) >= 11 is 6.45. The minimum Gasteiger partial charge on any atom is -0.486 e. The lowest BCUT2D eigenvalue weighted by molar-refractivity contribution is 0.112. The van der Waals surface area contributed by atoms with E-state index in [1.807, 2.05) is 12.1 Å². The first kappa shape index (κ1) is 15.0. The molecule has 3 nitrogen and oxygen atoms in total. The second-order valence-electron chi connectivity index (χ2n) is 6.88. The molecule has 0 bridgehead atoms. The SMILES string of the molecule is CC1(C)CCCCC1C(N)c1cc2c(cc1Cl)OCCO2. The summed E-state index contributed by atoms with van der Waals surface area (Å²) in [7, 11) is 0. The van der Waals surface area contributed by atoms with Gasteiger partial charge in [0, 0.05) is 17.1 Å². The van der Waals surface area contributed by atoms with Crippen LogP contribution in [-0.4, -0.2) is 13.2 Å². The van der Waals surface area contributed by atoms with E-state index in [-0.39, 0.29) is 11.5 Å². The average molecular weight is 310 g/mol. The Morgan fingerprint density at radius 2 is 1.86 bits per heavy atom. The van der Waals surface area contributed by atoms with Crippen LogP contribution in [0.2, 0.25) is 5.02 Å². The maximum absolute atomic E-state index is 6.60. The normalized spacial score (nSPS) is 25.4. The van der Waals surface area contributed by atoms with Gasteiger partial charge in [0.1, 0.15) is 13.2 Å². The number of halogens is 1. The van der Waals surface area contributed by atoms with Crippen molar-refractivity contribution in [2.75, 3.05) is 13.2 Å². The smallest absolute Gasteiger partial charge is 0.162 e. The van der Waals surface area contributed by atoms with Gasteiger partial charge in [-0.2, -0.15) is 0 Å². The van der Waals surface area contributed by atoms with Crippen LogP contribution in [0.5, 0.6) is 11.5 Å². The van der Waals surface area contributed by atoms with Gasteiger partial charge in [0.25, 0.3) is 0 Å². The predicted octanol–water partition coefficient (Wildman–Crippen LogP) is 4.33. The number of hydrogen-bond acceptors (Lipinski definition) is 3. The molecule has 3 rings (SSSR count). The van der Waals surface area contributed by atoms with Crippen molar-refractivity contribution in [3.63, 3.8) is 0 Å². The summed E-state index contributed by atoms with van der Waals surface area (Å²) < 4.78 is 11.2. The summed E-state index contributed by atoms with van der Waals surface area (Å²) in [5.41, 5.74) is 7.84. The summed E-state index contributed by atoms with van der Waals surface area (Å²) in [5, 5.41) is 0.688. The van der Waals surface area contributed by atoms with Gasteiger partial charge in [-0.1, -0.05) is 38.3 Å². The first-order valence-corrected chi connectivity index (χ1v) is 8.21. The molecule has 1 aromatic carbocycles. The summed E-state index contributed by atoms with van der Waals surface area (Å²) in [4.78, 5) is 0. The fourth-order valence-corrected chi connectivity index (χ4v) is 4.02. The van der Waals surface area contributed by atoms with Gasteiger partial charge in [-0.05, 0) is 35.8 Å². The quantitative estimate of drug-likeness (QED) is 0.884. The fourth-order valence-electron chi connectivity index (χ4n) is 3.74. The van der Waals surface area contributed by atoms with Crippen LogP contribution in [0.3, 0.4) is 0 Å². The molecule has 21 heavy (non-hydrogen) atoms. The molecular formula is C17H24ClNO2. The van der Waals surface area contributed by atoms with E-state index in [0.29, 0.717) is 24.2 Å². The van der Waals surface area contributed by atoms with Crippen molar-refractivity contribution in [3.8, 4) is 11.5 Å². The van der Waals surface area contributed by atoms with E-state index < -0.39 is 0 Å². The van der Waals surface area contributed by atoms with Crippen LogP contribution >= 0.6 is 11.6 Å². The first-order chi connectivity index (χ1) is 9.99. The van der Waals surface area contributed by atoms with Crippen molar-refractivity contribution in [2.45, 2.75) is 45.6 Å². The molecule has 1 saturated carbocycles. The number of fused-ring (bicyclic) bond motifs is 1. The number of hydrogen-bond donors (Lipinski definition) is 1. The standard InChI is InChI=1S/C17H24ClNO2/c1-17(2)6-4-3-5-12(17)16(19)11-9-14-15(10-13(11)18)21-8-7-20-14/h9-10,12,16H,3-8,19H2,1-2H3. The highest BCUT2D eigenvalue weighted by Crippen LogP contribution is 2.48. The Bertz CT molecular complexity index is 530. The zero-order valence-electron chi connectivity index (χ0n) is 12.8. The molecule has 4 heteroatoms. The monoisotopic (exact) mass is 309 g/mol. The number of nitrogens with two attached hydrogens (primary N) is 1. The Balaban J connectivity index is 1.92. The number of rotatable bonds is 2. The van der Waals surface area contributed by atoms with E-state index in [9.17, 15) is 0 Å². The molecule has 2 atom stereocenters. The largest absolute Gasteiger partial charge is 0.486 e. The molecule has 0 spiro atoms. The highest BCUT2D eigenvalue weighted by atomic mass is 35.5. The van der Waals surface area contributed by atoms with Gasteiger partial charge in [0.05, 0.1) is 0 Å². The molecular weight excluding hydrogens is 286 g/mol. The maximum Gasteiger partial charge on any atom is 0.162 e. The van der Waals surface area contributed by atoms with Crippen LogP contribution in [0, 0.1) is 11.3 Å². The third kappa shape index (κ3) is 2.86. The van der Waals surface area contributed by atoms with Crippen molar-refractivity contribution < 1.29 is 9.47 Å². The zero-order chi connectivity index (χ0) is 15.0. The van der Waals surface area contributed by atoms with Crippen molar-refractivity contribution in [1.29, 1.82) is 0 Å². The Labute approximate surface area is 131 Å². The number of benzene rings is 1. The van der Waals surface area contributed by atoms with Crippen molar-refractivity contribution in [1.82, 2.24) is 0 Å². The van der Waals surface area contributed by atoms with Crippen LogP contribution < -0.4 is 15.2 Å². The minimum atomic E-state index is -0.0522. The molecule has 0 amide bonds. The summed E-state index contributed by atoms with van der Waals surface area (Å²) in [6, 6.07) is 3.77. The van der Waals surface area contributed by atoms with Gasteiger partial charge < -0.3 is 15.2 Å². The third-order valence-electron chi connectivity index (χ3n) is 5.04. The van der Waals surface area contributed by atoms with Gasteiger partial charge >= 0.3 is 0 Å². The third-order valence-corrected chi connectivity index (χ3v) is 5.37. The molecule has 2 unspecified atom stereocenters. The van der Waals surface area contributed by atoms with Gasteiger partial charge in [0.15, 0.2) is 11.5 Å². The highest BCUT2D eigenvalue weighted by Gasteiger charge is 2.37. The molecule has 116 valence electrons. The molecule has 1 aliphatic heterocycles. The lowest BCUT2D eigenvalue weighted by atomic mass is 9.65. The van der Waals surface area contributed by atoms with Crippen molar-refractivity contribution in [3.05, 3.63) is 22.7 Å². The average Bonchev–Trinajstić information content (AvgIpc) is 2.45. The fraction of sp³-hybridized carbons (Fsp3) is 0.647. The summed E-state index contributed by atoms with van der Waals surface area (Å²) in [5.74, 6) is 1.95. The van der Waals surface area contributed by atoms with Gasteiger partial charge in [-0.15, -0.1) is 0 Å². The first-order valence-electron chi connectivity index (χ1n) is 7.84. The van der Waals surface area contributed by atoms with Crippen LogP contribution in [0.15, 0.2) is 12.1 Å². The molecule has 1 fully saturated rings. The molecule has 0 saturated heterocycles. The molecule has 0 aromatic heterocycles. The second kappa shape index (κ2) is 5.69. The highest BCUT2D eigenvalue weighted by molar-refractivity contribution is 6.31. The Morgan fingerprint density at radius 1 is 1.19 bits per heavy atom. The Kier molecular flexibility index (Phi) is 4.06. The molecule has 1 aliphatic carbocycles. The topological polar surface area (TPSA) is 44.5 Å². The van der Waals surface area contributed by atoms with Crippen molar-refractivity contribution in [2.24, 2.45) is 17.1 Å². The van der Waals surface area contributed by atoms with E-state index >= 15 is 0 Å². The molecule has 1 aromatic rings. The Hall–Kier alpha value is -0.930. The van der Waals surface area contributed by atoms with Gasteiger partial charge in [-0.3, -0.25) is 0 Å². The molecule has 2 N–H and O–H groups in total. The molecule has 0 radical (unpaired) electrons. The predicted molar refractivity (Wildman–Crippen MR) is 85.1 cm³/mol. The van der Waals surface area contributed by atoms with Gasteiger partial charge in [-0.25, -0.2) is 0 Å². The summed E-state index contributed by atoms with van der Waals surface area (Å²) in [6.07, 6.45) is 4.95. The van der Waals surface area contributed by atoms with Crippen LogP contribution in [0.1, 0.15) is 51.1 Å². The number of ether oxygens (including phenoxy) is 2. The maximum atomic E-state index is 6.60. The Morgan fingerprint density at radius 3 is 2.52 bits per heavy atom. The zero-order valence-corrected chi connectivity index (χ0v) is 13.6. The van der Waals surface area contributed by atoms with E-state index in [1.165, 1.54) is 25.7 Å². The minimum absolute atomic E-state index is 0.0522. The van der Waals surface area contributed by atoms with Crippen LogP contribution in [0.4, 0.5) is 0 Å². The van der Waals surface area contributed by atoms with E-state index in [0.717, 1.165) is 17.1 Å². The lowest BCUT2D eigenvalue weighted by Gasteiger charge is -2.42. The van der Waals surface area contributed by atoms with E-state index in [4.69, 9.17) is 26.8 Å². The molecule has 1 heterocycles. The van der Waals surface area contributed by atoms with Crippen LogP contribution in [-0.2, 0) is 0 Å². The summed E-state index contributed by atoms with van der Waals surface area (Å²) in [6.45, 7) is 5.80. The van der Waals surface area contributed by atoms with Gasteiger partial charge in [0.2, 0.25) is 0 Å². The van der Waals surface area contributed by atoms with E-state index in [2.05, 4.69) is 13.8 Å². The van der Waals surface area contributed by atoms with E-state index in [1.54, 1.807) is 0 Å².